The molecule has 1 aromatic carbocycles. The van der Waals surface area contributed by atoms with E-state index in [0.29, 0.717) is 18.4 Å². The molecule has 1 saturated heterocycles. The number of hydrogen-bond donors (Lipinski definition) is 3. The van der Waals surface area contributed by atoms with Crippen LogP contribution in [0, 0.1) is 0 Å². The van der Waals surface area contributed by atoms with Crippen LogP contribution in [0.3, 0.4) is 0 Å². The highest BCUT2D eigenvalue weighted by atomic mass is 16.5. The molecule has 7 rings (SSSR count). The Morgan fingerprint density at radius 2 is 2.05 bits per heavy atom. The molecule has 2 aliphatic rings. The zero-order chi connectivity index (χ0) is 25.6. The average molecular weight is 509 g/mol. The Bertz CT molecular complexity index is 1610. The van der Waals surface area contributed by atoms with Crippen LogP contribution in [0.2, 0.25) is 0 Å². The molecule has 0 bridgehead atoms. The van der Waals surface area contributed by atoms with Crippen LogP contribution in [0.1, 0.15) is 54.8 Å². The standard InChI is InChI=1S/C29H32N8O/c1-17(2)22-15-32-37-28(22)35-27(20-7-5-11-31-26(20)25-16-30-12-13-38-25)36-29(37)33-18-9-10-24-21(14-18)19-6-3-4-8-23(19)34-24/h3-8,11,15,17-18,25,30,34H,9-10,12-14,16H2,1-2H3,(H,33,35,36). The molecule has 0 radical (unpaired) electrons. The minimum absolute atomic E-state index is 0.135. The monoisotopic (exact) mass is 508 g/mol. The Balaban J connectivity index is 1.30. The van der Waals surface area contributed by atoms with Crippen molar-refractivity contribution in [1.82, 2.24) is 34.9 Å². The number of para-hydroxylation sites is 1. The molecule has 0 amide bonds. The first-order chi connectivity index (χ1) is 18.7. The Hall–Kier alpha value is -3.82. The molecule has 38 heavy (non-hydrogen) atoms. The number of morpholine rings is 1. The van der Waals surface area contributed by atoms with E-state index in [1.165, 1.54) is 22.2 Å². The molecule has 1 fully saturated rings. The van der Waals surface area contributed by atoms with Gasteiger partial charge in [-0.1, -0.05) is 32.0 Å². The summed E-state index contributed by atoms with van der Waals surface area (Å²) in [5, 5.41) is 13.2. The van der Waals surface area contributed by atoms with Gasteiger partial charge in [0.15, 0.2) is 11.5 Å². The Morgan fingerprint density at radius 1 is 1.13 bits per heavy atom. The van der Waals surface area contributed by atoms with Gasteiger partial charge < -0.3 is 20.4 Å². The van der Waals surface area contributed by atoms with Gasteiger partial charge in [0.25, 0.3) is 0 Å². The van der Waals surface area contributed by atoms with Crippen LogP contribution in [0.15, 0.2) is 48.8 Å². The highest BCUT2D eigenvalue weighted by Gasteiger charge is 2.26. The van der Waals surface area contributed by atoms with Crippen LogP contribution in [-0.2, 0) is 17.6 Å². The first kappa shape index (κ1) is 23.3. The highest BCUT2D eigenvalue weighted by molar-refractivity contribution is 5.85. The third-order valence-electron chi connectivity index (χ3n) is 7.76. The summed E-state index contributed by atoms with van der Waals surface area (Å²) in [6, 6.07) is 12.8. The number of aromatic nitrogens is 6. The minimum atomic E-state index is -0.135. The number of hydrogen-bond acceptors (Lipinski definition) is 7. The molecule has 2 unspecified atom stereocenters. The number of aryl methyl sites for hydroxylation is 1. The normalized spacial score (nSPS) is 19.8. The zero-order valence-corrected chi connectivity index (χ0v) is 21.7. The van der Waals surface area contributed by atoms with E-state index in [1.54, 1.807) is 0 Å². The number of benzene rings is 1. The maximum atomic E-state index is 6.06. The lowest BCUT2D eigenvalue weighted by Crippen LogP contribution is -2.34. The van der Waals surface area contributed by atoms with E-state index in [0.717, 1.165) is 54.8 Å². The third kappa shape index (κ3) is 4.02. The fraction of sp³-hybridized carbons (Fsp3) is 0.379. The second-order valence-electron chi connectivity index (χ2n) is 10.6. The van der Waals surface area contributed by atoms with E-state index in [9.17, 15) is 0 Å². The molecule has 4 aromatic heterocycles. The Kier molecular flexibility index (Phi) is 5.82. The number of H-pyrrole nitrogens is 1. The molecule has 1 aliphatic heterocycles. The van der Waals surface area contributed by atoms with Crippen LogP contribution in [-0.4, -0.2) is 55.3 Å². The molecule has 5 heterocycles. The van der Waals surface area contributed by atoms with Crippen LogP contribution in [0.25, 0.3) is 27.9 Å². The second kappa shape index (κ2) is 9.49. The van der Waals surface area contributed by atoms with Gasteiger partial charge in [-0.15, -0.1) is 0 Å². The summed E-state index contributed by atoms with van der Waals surface area (Å²) in [4.78, 5) is 18.4. The molecule has 0 spiro atoms. The van der Waals surface area contributed by atoms with Crippen LogP contribution in [0.5, 0.6) is 0 Å². The number of anilines is 1. The van der Waals surface area contributed by atoms with Crippen molar-refractivity contribution in [1.29, 1.82) is 0 Å². The van der Waals surface area contributed by atoms with Crippen molar-refractivity contribution < 1.29 is 4.74 Å². The number of pyridine rings is 1. The van der Waals surface area contributed by atoms with Crippen molar-refractivity contribution in [2.24, 2.45) is 0 Å². The van der Waals surface area contributed by atoms with Gasteiger partial charge in [-0.25, -0.2) is 4.98 Å². The van der Waals surface area contributed by atoms with Gasteiger partial charge in [-0.3, -0.25) is 4.98 Å². The SMILES string of the molecule is CC(C)c1cnn2c(NC3CCc4[nH]c5ccccc5c4C3)nc(-c3cccnc3C3CNCCO3)nc12. The maximum absolute atomic E-state index is 6.06. The van der Waals surface area contributed by atoms with Gasteiger partial charge in [0.05, 0.1) is 18.5 Å². The molecule has 9 heteroatoms. The molecule has 194 valence electrons. The first-order valence-electron chi connectivity index (χ1n) is 13.5. The molecule has 3 N–H and O–H groups in total. The lowest BCUT2D eigenvalue weighted by Gasteiger charge is -2.25. The van der Waals surface area contributed by atoms with E-state index in [2.05, 4.69) is 53.7 Å². The van der Waals surface area contributed by atoms with Crippen LogP contribution >= 0.6 is 0 Å². The quantitative estimate of drug-likeness (QED) is 0.323. The highest BCUT2D eigenvalue weighted by Crippen LogP contribution is 2.32. The lowest BCUT2D eigenvalue weighted by atomic mass is 9.91. The average Bonchev–Trinajstić information content (AvgIpc) is 3.55. The van der Waals surface area contributed by atoms with Gasteiger partial charge in [0, 0.05) is 53.1 Å². The first-order valence-corrected chi connectivity index (χ1v) is 13.5. The fourth-order valence-electron chi connectivity index (χ4n) is 5.80. The Labute approximate surface area is 221 Å². The van der Waals surface area contributed by atoms with Crippen molar-refractivity contribution in [3.63, 3.8) is 0 Å². The summed E-state index contributed by atoms with van der Waals surface area (Å²) in [7, 11) is 0. The van der Waals surface area contributed by atoms with Crippen molar-refractivity contribution >= 4 is 22.5 Å². The number of nitrogens with one attached hydrogen (secondary N) is 3. The molecule has 0 saturated carbocycles. The summed E-state index contributed by atoms with van der Waals surface area (Å²) in [6.45, 7) is 6.56. The van der Waals surface area contributed by atoms with E-state index >= 15 is 0 Å². The molecule has 5 aromatic rings. The van der Waals surface area contributed by atoms with Crippen molar-refractivity contribution in [2.75, 3.05) is 25.0 Å². The zero-order valence-electron chi connectivity index (χ0n) is 21.7. The van der Waals surface area contributed by atoms with E-state index in [-0.39, 0.29) is 18.1 Å². The number of nitrogens with zero attached hydrogens (tertiary/aromatic N) is 5. The summed E-state index contributed by atoms with van der Waals surface area (Å²) in [5.41, 5.74) is 7.64. The summed E-state index contributed by atoms with van der Waals surface area (Å²) in [6.07, 6.45) is 6.53. The second-order valence-corrected chi connectivity index (χ2v) is 10.6. The van der Waals surface area contributed by atoms with Crippen molar-refractivity contribution in [3.05, 3.63) is 71.3 Å². The lowest BCUT2D eigenvalue weighted by molar-refractivity contribution is 0.0254. The molecule has 9 nitrogen and oxygen atoms in total. The number of aromatic amines is 1. The molecular weight excluding hydrogens is 476 g/mol. The number of rotatable bonds is 5. The third-order valence-corrected chi connectivity index (χ3v) is 7.76. The van der Waals surface area contributed by atoms with E-state index in [1.807, 2.05) is 29.0 Å². The number of fused-ring (bicyclic) bond motifs is 4. The van der Waals surface area contributed by atoms with Gasteiger partial charge in [0.2, 0.25) is 5.95 Å². The summed E-state index contributed by atoms with van der Waals surface area (Å²) in [5.74, 6) is 1.64. The number of ether oxygens (including phenoxy) is 1. The van der Waals surface area contributed by atoms with Crippen molar-refractivity contribution in [2.45, 2.75) is 51.2 Å². The van der Waals surface area contributed by atoms with E-state index < -0.39 is 0 Å². The smallest absolute Gasteiger partial charge is 0.228 e. The van der Waals surface area contributed by atoms with E-state index in [4.69, 9.17) is 24.8 Å². The largest absolute Gasteiger partial charge is 0.369 e. The molecule has 2 atom stereocenters. The van der Waals surface area contributed by atoms with Crippen LogP contribution < -0.4 is 10.6 Å². The van der Waals surface area contributed by atoms with Crippen LogP contribution in [0.4, 0.5) is 5.95 Å². The maximum Gasteiger partial charge on any atom is 0.228 e. The topological polar surface area (TPSA) is 105 Å². The fourth-order valence-corrected chi connectivity index (χ4v) is 5.80. The predicted octanol–water partition coefficient (Wildman–Crippen LogP) is 4.42. The van der Waals surface area contributed by atoms with Gasteiger partial charge >= 0.3 is 0 Å². The summed E-state index contributed by atoms with van der Waals surface area (Å²) >= 11 is 0. The minimum Gasteiger partial charge on any atom is -0.369 e. The van der Waals surface area contributed by atoms with Crippen molar-refractivity contribution in [3.8, 4) is 11.4 Å². The summed E-state index contributed by atoms with van der Waals surface area (Å²) < 4.78 is 7.92. The Morgan fingerprint density at radius 3 is 2.92 bits per heavy atom. The van der Waals surface area contributed by atoms with Gasteiger partial charge in [-0.2, -0.15) is 14.6 Å². The van der Waals surface area contributed by atoms with Gasteiger partial charge in [-0.05, 0) is 48.9 Å². The predicted molar refractivity (Wildman–Crippen MR) is 147 cm³/mol. The van der Waals surface area contributed by atoms with Gasteiger partial charge in [0.1, 0.15) is 6.10 Å². The molecule has 1 aliphatic carbocycles. The molecular formula is C29H32N8O.